The molecule has 0 spiro atoms. The second kappa shape index (κ2) is 7.91. The highest BCUT2D eigenvalue weighted by Crippen LogP contribution is 2.27. The minimum Gasteiger partial charge on any atom is -0.494 e. The third kappa shape index (κ3) is 4.45. The molecule has 1 N–H and O–H groups in total. The van der Waals surface area contributed by atoms with Crippen LogP contribution in [0.4, 0.5) is 0 Å². The molecule has 0 atom stereocenters. The number of fused-ring (bicyclic) bond motifs is 1. The minimum atomic E-state index is -0.978. The summed E-state index contributed by atoms with van der Waals surface area (Å²) >= 11 is 6.21. The Labute approximate surface area is 165 Å². The lowest BCUT2D eigenvalue weighted by Gasteiger charge is -2.19. The fourth-order valence-electron chi connectivity index (χ4n) is 3.32. The number of aliphatic hydroxyl groups is 1. The molecule has 0 saturated carbocycles. The van der Waals surface area contributed by atoms with Crippen LogP contribution in [0.15, 0.2) is 36.4 Å². The molecule has 0 unspecified atom stereocenters. The molecule has 1 heterocycles. The summed E-state index contributed by atoms with van der Waals surface area (Å²) in [5, 5.41) is 11.3. The second-order valence-electron chi connectivity index (χ2n) is 7.56. The van der Waals surface area contributed by atoms with Gasteiger partial charge in [-0.05, 0) is 75.9 Å². The Balaban J connectivity index is 1.63. The van der Waals surface area contributed by atoms with Crippen molar-refractivity contribution in [2.45, 2.75) is 52.7 Å². The van der Waals surface area contributed by atoms with Gasteiger partial charge in [0.1, 0.15) is 17.2 Å². The Morgan fingerprint density at radius 2 is 1.78 bits per heavy atom. The van der Waals surface area contributed by atoms with E-state index in [0.29, 0.717) is 12.4 Å². The van der Waals surface area contributed by atoms with Gasteiger partial charge in [0, 0.05) is 11.6 Å². The summed E-state index contributed by atoms with van der Waals surface area (Å²) in [5.74, 6) is 1.56. The van der Waals surface area contributed by atoms with Crippen molar-refractivity contribution in [1.82, 2.24) is 9.55 Å². The van der Waals surface area contributed by atoms with Gasteiger partial charge < -0.3 is 14.4 Å². The molecule has 0 saturated heterocycles. The number of hydrogen-bond donors (Lipinski definition) is 1. The predicted octanol–water partition coefficient (Wildman–Crippen LogP) is 5.39. The molecule has 27 heavy (non-hydrogen) atoms. The summed E-state index contributed by atoms with van der Waals surface area (Å²) in [5.41, 5.74) is 3.06. The summed E-state index contributed by atoms with van der Waals surface area (Å²) in [7, 11) is 0. The van der Waals surface area contributed by atoms with Crippen LogP contribution >= 0.6 is 11.6 Å². The molecule has 0 bridgehead atoms. The molecule has 4 nitrogen and oxygen atoms in total. The van der Waals surface area contributed by atoms with E-state index in [1.807, 2.05) is 50.2 Å². The third-order valence-corrected chi connectivity index (χ3v) is 5.25. The maximum absolute atomic E-state index is 10.5. The number of nitrogens with zero attached hydrogens (tertiary/aromatic N) is 2. The van der Waals surface area contributed by atoms with Crippen LogP contribution in [0.5, 0.6) is 5.75 Å². The van der Waals surface area contributed by atoms with E-state index in [1.54, 1.807) is 13.8 Å². The summed E-state index contributed by atoms with van der Waals surface area (Å²) in [4.78, 5) is 4.63. The molecular weight excluding hydrogens is 360 g/mol. The number of halogens is 1. The van der Waals surface area contributed by atoms with E-state index < -0.39 is 5.60 Å². The lowest BCUT2D eigenvalue weighted by atomic mass is 10.1. The molecule has 0 amide bonds. The first-order chi connectivity index (χ1) is 12.8. The van der Waals surface area contributed by atoms with Crippen molar-refractivity contribution >= 4 is 22.6 Å². The van der Waals surface area contributed by atoms with Crippen LogP contribution in [0.2, 0.25) is 5.02 Å². The maximum atomic E-state index is 10.5. The monoisotopic (exact) mass is 386 g/mol. The number of hydrogen-bond acceptors (Lipinski definition) is 3. The largest absolute Gasteiger partial charge is 0.494 e. The first-order valence-corrected chi connectivity index (χ1v) is 9.73. The molecule has 2 aromatic carbocycles. The van der Waals surface area contributed by atoms with Crippen LogP contribution in [0.3, 0.4) is 0 Å². The number of imidazole rings is 1. The number of aryl methyl sites for hydroxylation is 3. The lowest BCUT2D eigenvalue weighted by Crippen LogP contribution is -2.22. The van der Waals surface area contributed by atoms with Crippen LogP contribution in [0.25, 0.3) is 11.0 Å². The second-order valence-corrected chi connectivity index (χ2v) is 7.94. The molecule has 0 aliphatic rings. The highest BCUT2D eigenvalue weighted by Gasteiger charge is 2.24. The highest BCUT2D eigenvalue weighted by atomic mass is 35.5. The van der Waals surface area contributed by atoms with E-state index in [-0.39, 0.29) is 0 Å². The van der Waals surface area contributed by atoms with Crippen LogP contribution in [-0.2, 0) is 12.1 Å². The molecule has 1 aromatic heterocycles. The molecule has 144 valence electrons. The van der Waals surface area contributed by atoms with Crippen molar-refractivity contribution in [3.05, 3.63) is 58.4 Å². The normalized spacial score (nSPS) is 11.9. The van der Waals surface area contributed by atoms with Crippen molar-refractivity contribution in [2.24, 2.45) is 0 Å². The predicted molar refractivity (Wildman–Crippen MR) is 111 cm³/mol. The molecule has 0 aliphatic carbocycles. The molecule has 3 aromatic rings. The fraction of sp³-hybridized carbons (Fsp3) is 0.409. The third-order valence-electron chi connectivity index (χ3n) is 4.66. The van der Waals surface area contributed by atoms with Crippen molar-refractivity contribution < 1.29 is 9.84 Å². The van der Waals surface area contributed by atoms with Gasteiger partial charge in [-0.2, -0.15) is 0 Å². The van der Waals surface area contributed by atoms with E-state index in [1.165, 1.54) is 0 Å². The van der Waals surface area contributed by atoms with Crippen molar-refractivity contribution in [1.29, 1.82) is 0 Å². The Bertz CT molecular complexity index is 918. The summed E-state index contributed by atoms with van der Waals surface area (Å²) in [6.45, 7) is 8.97. The summed E-state index contributed by atoms with van der Waals surface area (Å²) < 4.78 is 8.01. The number of rotatable bonds is 7. The highest BCUT2D eigenvalue weighted by molar-refractivity contribution is 6.32. The van der Waals surface area contributed by atoms with Gasteiger partial charge in [-0.15, -0.1) is 0 Å². The number of aromatic nitrogens is 2. The average molecular weight is 387 g/mol. The van der Waals surface area contributed by atoms with E-state index >= 15 is 0 Å². The topological polar surface area (TPSA) is 47.3 Å². The maximum Gasteiger partial charge on any atom is 0.141 e. The molecule has 3 rings (SSSR count). The van der Waals surface area contributed by atoms with Gasteiger partial charge in [0.05, 0.1) is 17.6 Å². The lowest BCUT2D eigenvalue weighted by molar-refractivity contribution is 0.0650. The first kappa shape index (κ1) is 19.7. The number of para-hydroxylation sites is 2. The summed E-state index contributed by atoms with van der Waals surface area (Å²) in [6.07, 6.45) is 1.85. The van der Waals surface area contributed by atoms with Gasteiger partial charge in [0.2, 0.25) is 0 Å². The fourth-order valence-corrected chi connectivity index (χ4v) is 3.43. The van der Waals surface area contributed by atoms with E-state index in [2.05, 4.69) is 9.55 Å². The van der Waals surface area contributed by atoms with Crippen molar-refractivity contribution in [2.75, 3.05) is 6.61 Å². The van der Waals surface area contributed by atoms with Gasteiger partial charge >= 0.3 is 0 Å². The van der Waals surface area contributed by atoms with Gasteiger partial charge in [-0.3, -0.25) is 0 Å². The zero-order chi connectivity index (χ0) is 19.6. The van der Waals surface area contributed by atoms with E-state index in [0.717, 1.165) is 52.3 Å². The SMILES string of the molecule is Cc1cc(OCCCCn2c(C(C)(C)O)nc3ccccc32)cc(C)c1Cl. The van der Waals surface area contributed by atoms with Crippen molar-refractivity contribution in [3.63, 3.8) is 0 Å². The molecule has 5 heteroatoms. The minimum absolute atomic E-state index is 0.644. The van der Waals surface area contributed by atoms with Gasteiger partial charge in [0.15, 0.2) is 0 Å². The molecule has 0 radical (unpaired) electrons. The standard InChI is InChI=1S/C22H27ClN2O2/c1-15-13-17(14-16(2)20(15)23)27-12-8-7-11-25-19-10-6-5-9-18(19)24-21(25)22(3,4)26/h5-6,9-10,13-14,26H,7-8,11-12H2,1-4H3. The molecular formula is C22H27ClN2O2. The quantitative estimate of drug-likeness (QED) is 0.553. The number of unbranched alkanes of at least 4 members (excludes halogenated alkanes) is 1. The van der Waals surface area contributed by atoms with E-state index in [9.17, 15) is 5.11 Å². The van der Waals surface area contributed by atoms with Crippen molar-refractivity contribution in [3.8, 4) is 5.75 Å². The van der Waals surface area contributed by atoms with Gasteiger partial charge in [0.25, 0.3) is 0 Å². The zero-order valence-corrected chi connectivity index (χ0v) is 17.2. The Kier molecular flexibility index (Phi) is 5.78. The molecule has 0 aliphatic heterocycles. The Hall–Kier alpha value is -2.04. The van der Waals surface area contributed by atoms with Crippen LogP contribution in [-0.4, -0.2) is 21.3 Å². The average Bonchev–Trinajstić information content (AvgIpc) is 2.98. The Morgan fingerprint density at radius 3 is 2.44 bits per heavy atom. The van der Waals surface area contributed by atoms with Gasteiger partial charge in [-0.25, -0.2) is 4.98 Å². The van der Waals surface area contributed by atoms with E-state index in [4.69, 9.17) is 16.3 Å². The first-order valence-electron chi connectivity index (χ1n) is 9.35. The van der Waals surface area contributed by atoms with Crippen LogP contribution in [0, 0.1) is 13.8 Å². The number of ether oxygens (including phenoxy) is 1. The van der Waals surface area contributed by atoms with Gasteiger partial charge in [-0.1, -0.05) is 23.7 Å². The molecule has 0 fully saturated rings. The smallest absolute Gasteiger partial charge is 0.141 e. The summed E-state index contributed by atoms with van der Waals surface area (Å²) in [6, 6.07) is 12.0. The van der Waals surface area contributed by atoms with Crippen LogP contribution in [0.1, 0.15) is 43.6 Å². The zero-order valence-electron chi connectivity index (χ0n) is 16.4. The Morgan fingerprint density at radius 1 is 1.11 bits per heavy atom. The van der Waals surface area contributed by atoms with Crippen LogP contribution < -0.4 is 4.74 Å². The number of benzene rings is 2.